The van der Waals surface area contributed by atoms with Crippen LogP contribution in [0.1, 0.15) is 18.4 Å². The summed E-state index contributed by atoms with van der Waals surface area (Å²) in [6.45, 7) is 3.01. The third kappa shape index (κ3) is 5.29. The normalized spacial score (nSPS) is 14.5. The van der Waals surface area contributed by atoms with Gasteiger partial charge < -0.3 is 19.5 Å². The van der Waals surface area contributed by atoms with Crippen molar-refractivity contribution in [2.45, 2.75) is 25.4 Å². The first-order valence-corrected chi connectivity index (χ1v) is 7.39. The zero-order valence-electron chi connectivity index (χ0n) is 11.9. The third-order valence-electron chi connectivity index (χ3n) is 3.14. The fourth-order valence-electron chi connectivity index (χ4n) is 1.83. The lowest BCUT2D eigenvalue weighted by Gasteiger charge is -2.13. The summed E-state index contributed by atoms with van der Waals surface area (Å²) < 4.78 is 16.0. The van der Waals surface area contributed by atoms with Gasteiger partial charge in [-0.1, -0.05) is 17.7 Å². The summed E-state index contributed by atoms with van der Waals surface area (Å²) in [6, 6.07) is 6.40. The Hall–Kier alpha value is -0.810. The molecule has 0 aliphatic heterocycles. The standard InChI is InChI=1S/C15H22ClNO3/c1-18-7-8-19-9-10-20-15-4-2-3-14(16)13(15)11-17-12-5-6-12/h2-4,12,17H,5-11H2,1H3. The van der Waals surface area contributed by atoms with E-state index >= 15 is 0 Å². The Bertz CT molecular complexity index is 410. The van der Waals surface area contributed by atoms with E-state index in [0.29, 0.717) is 32.5 Å². The third-order valence-corrected chi connectivity index (χ3v) is 3.49. The van der Waals surface area contributed by atoms with E-state index in [0.717, 1.165) is 22.9 Å². The number of methoxy groups -OCH3 is 1. The topological polar surface area (TPSA) is 39.7 Å². The largest absolute Gasteiger partial charge is 0.491 e. The maximum atomic E-state index is 6.25. The predicted octanol–water partition coefficient (Wildman–Crippen LogP) is 2.63. The van der Waals surface area contributed by atoms with Crippen LogP contribution in [0, 0.1) is 0 Å². The SMILES string of the molecule is COCCOCCOc1cccc(Cl)c1CNC1CC1. The van der Waals surface area contributed by atoms with E-state index < -0.39 is 0 Å². The Balaban J connectivity index is 1.78. The monoisotopic (exact) mass is 299 g/mol. The van der Waals surface area contributed by atoms with Gasteiger partial charge in [-0.05, 0) is 25.0 Å². The highest BCUT2D eigenvalue weighted by atomic mass is 35.5. The Morgan fingerprint density at radius 3 is 2.75 bits per heavy atom. The summed E-state index contributed by atoms with van der Waals surface area (Å²) in [5.41, 5.74) is 1.03. The molecule has 1 saturated carbocycles. The number of ether oxygens (including phenoxy) is 3. The van der Waals surface area contributed by atoms with Crippen molar-refractivity contribution in [2.75, 3.05) is 33.5 Å². The van der Waals surface area contributed by atoms with Gasteiger partial charge in [0.15, 0.2) is 0 Å². The van der Waals surface area contributed by atoms with Gasteiger partial charge in [-0.25, -0.2) is 0 Å². The molecule has 5 heteroatoms. The Morgan fingerprint density at radius 1 is 1.20 bits per heavy atom. The maximum Gasteiger partial charge on any atom is 0.125 e. The minimum Gasteiger partial charge on any atom is -0.491 e. The van der Waals surface area contributed by atoms with Crippen LogP contribution in [0.15, 0.2) is 18.2 Å². The molecule has 0 heterocycles. The lowest BCUT2D eigenvalue weighted by Crippen LogP contribution is -2.17. The molecule has 1 aliphatic rings. The van der Waals surface area contributed by atoms with Crippen LogP contribution in [0.25, 0.3) is 0 Å². The van der Waals surface area contributed by atoms with E-state index in [-0.39, 0.29) is 0 Å². The van der Waals surface area contributed by atoms with Crippen molar-refractivity contribution >= 4 is 11.6 Å². The summed E-state index contributed by atoms with van der Waals surface area (Å²) >= 11 is 6.25. The maximum absolute atomic E-state index is 6.25. The van der Waals surface area contributed by atoms with E-state index in [1.807, 2.05) is 18.2 Å². The van der Waals surface area contributed by atoms with Crippen molar-refractivity contribution in [2.24, 2.45) is 0 Å². The highest BCUT2D eigenvalue weighted by Crippen LogP contribution is 2.28. The second-order valence-corrected chi connectivity index (χ2v) is 5.23. The predicted molar refractivity (Wildman–Crippen MR) is 79.5 cm³/mol. The zero-order chi connectivity index (χ0) is 14.2. The fourth-order valence-corrected chi connectivity index (χ4v) is 2.07. The number of benzene rings is 1. The van der Waals surface area contributed by atoms with Crippen LogP contribution < -0.4 is 10.1 Å². The molecular formula is C15H22ClNO3. The molecule has 0 saturated heterocycles. The number of halogens is 1. The van der Waals surface area contributed by atoms with Crippen LogP contribution in [0.4, 0.5) is 0 Å². The van der Waals surface area contributed by atoms with Gasteiger partial charge in [0.1, 0.15) is 12.4 Å². The van der Waals surface area contributed by atoms with E-state index in [1.165, 1.54) is 12.8 Å². The summed E-state index contributed by atoms with van der Waals surface area (Å²) in [6.07, 6.45) is 2.52. The van der Waals surface area contributed by atoms with E-state index in [4.69, 9.17) is 25.8 Å². The molecule has 1 N–H and O–H groups in total. The van der Waals surface area contributed by atoms with E-state index in [9.17, 15) is 0 Å². The van der Waals surface area contributed by atoms with Crippen molar-refractivity contribution in [3.63, 3.8) is 0 Å². The highest BCUT2D eigenvalue weighted by Gasteiger charge is 2.21. The first-order chi connectivity index (χ1) is 9.81. The van der Waals surface area contributed by atoms with E-state index in [2.05, 4.69) is 5.32 Å². The molecule has 4 nitrogen and oxygen atoms in total. The molecule has 0 spiro atoms. The van der Waals surface area contributed by atoms with Crippen molar-refractivity contribution in [3.8, 4) is 5.75 Å². The number of nitrogens with one attached hydrogen (secondary N) is 1. The first kappa shape index (κ1) is 15.6. The van der Waals surface area contributed by atoms with Gasteiger partial charge in [0.05, 0.1) is 19.8 Å². The fraction of sp³-hybridized carbons (Fsp3) is 0.600. The van der Waals surface area contributed by atoms with Crippen LogP contribution in [0.2, 0.25) is 5.02 Å². The molecule has 0 radical (unpaired) electrons. The number of hydrogen-bond acceptors (Lipinski definition) is 4. The zero-order valence-corrected chi connectivity index (χ0v) is 12.6. The molecular weight excluding hydrogens is 278 g/mol. The second kappa shape index (κ2) is 8.47. The summed E-state index contributed by atoms with van der Waals surface area (Å²) in [4.78, 5) is 0. The van der Waals surface area contributed by atoms with Gasteiger partial charge in [-0.15, -0.1) is 0 Å². The molecule has 1 fully saturated rings. The average molecular weight is 300 g/mol. The highest BCUT2D eigenvalue weighted by molar-refractivity contribution is 6.31. The molecule has 0 bridgehead atoms. The quantitative estimate of drug-likeness (QED) is 0.674. The Labute approximate surface area is 125 Å². The van der Waals surface area contributed by atoms with Gasteiger partial charge in [-0.2, -0.15) is 0 Å². The lowest BCUT2D eigenvalue weighted by molar-refractivity contribution is 0.0542. The lowest BCUT2D eigenvalue weighted by atomic mass is 10.2. The molecule has 1 aromatic carbocycles. The molecule has 0 unspecified atom stereocenters. The molecule has 0 aromatic heterocycles. The van der Waals surface area contributed by atoms with E-state index in [1.54, 1.807) is 7.11 Å². The smallest absolute Gasteiger partial charge is 0.125 e. The van der Waals surface area contributed by atoms with Crippen LogP contribution in [-0.4, -0.2) is 39.6 Å². The molecule has 20 heavy (non-hydrogen) atoms. The molecule has 112 valence electrons. The van der Waals surface area contributed by atoms with Crippen molar-refractivity contribution in [1.29, 1.82) is 0 Å². The Kier molecular flexibility index (Phi) is 6.60. The number of rotatable bonds is 10. The van der Waals surface area contributed by atoms with Gasteiger partial charge in [-0.3, -0.25) is 0 Å². The van der Waals surface area contributed by atoms with Crippen LogP contribution in [-0.2, 0) is 16.0 Å². The van der Waals surface area contributed by atoms with Crippen LogP contribution in [0.3, 0.4) is 0 Å². The molecule has 2 rings (SSSR count). The van der Waals surface area contributed by atoms with Gasteiger partial charge >= 0.3 is 0 Å². The van der Waals surface area contributed by atoms with Crippen molar-refractivity contribution in [1.82, 2.24) is 5.32 Å². The van der Waals surface area contributed by atoms with Gasteiger partial charge in [0.2, 0.25) is 0 Å². The molecule has 0 amide bonds. The van der Waals surface area contributed by atoms with Crippen LogP contribution in [0.5, 0.6) is 5.75 Å². The Morgan fingerprint density at radius 2 is 2.00 bits per heavy atom. The van der Waals surface area contributed by atoms with Crippen molar-refractivity contribution < 1.29 is 14.2 Å². The minimum absolute atomic E-state index is 0.514. The van der Waals surface area contributed by atoms with Gasteiger partial charge in [0, 0.05) is 30.3 Å². The van der Waals surface area contributed by atoms with Crippen LogP contribution >= 0.6 is 11.6 Å². The molecule has 1 aromatic rings. The summed E-state index contributed by atoms with van der Waals surface area (Å²) in [5, 5.41) is 4.21. The van der Waals surface area contributed by atoms with Gasteiger partial charge in [0.25, 0.3) is 0 Å². The average Bonchev–Trinajstić information content (AvgIpc) is 3.26. The first-order valence-electron chi connectivity index (χ1n) is 7.01. The van der Waals surface area contributed by atoms with Crippen molar-refractivity contribution in [3.05, 3.63) is 28.8 Å². The summed E-state index contributed by atoms with van der Waals surface area (Å²) in [7, 11) is 1.66. The molecule has 1 aliphatic carbocycles. The second-order valence-electron chi connectivity index (χ2n) is 4.83. The summed E-state index contributed by atoms with van der Waals surface area (Å²) in [5.74, 6) is 0.834. The number of hydrogen-bond donors (Lipinski definition) is 1. The molecule has 0 atom stereocenters. The minimum atomic E-state index is 0.514.